The van der Waals surface area contributed by atoms with Crippen molar-refractivity contribution in [3.05, 3.63) is 0 Å². The van der Waals surface area contributed by atoms with Crippen LogP contribution in [0.3, 0.4) is 0 Å². The van der Waals surface area contributed by atoms with E-state index in [1.54, 1.807) is 0 Å². The number of nitrogens with zero attached hydrogens (tertiary/aromatic N) is 2. The molecule has 1 aliphatic rings. The highest BCUT2D eigenvalue weighted by molar-refractivity contribution is 5.78. The Hall–Kier alpha value is -0.650. The molecule has 1 aliphatic heterocycles. The molecule has 0 aliphatic carbocycles. The van der Waals surface area contributed by atoms with Crippen molar-refractivity contribution in [1.29, 1.82) is 0 Å². The zero-order chi connectivity index (χ0) is 14.1. The van der Waals surface area contributed by atoms with Gasteiger partial charge in [-0.25, -0.2) is 0 Å². The van der Waals surface area contributed by atoms with Gasteiger partial charge in [-0.15, -0.1) is 0 Å². The summed E-state index contributed by atoms with van der Waals surface area (Å²) in [5.41, 5.74) is 5.52. The third kappa shape index (κ3) is 7.50. The van der Waals surface area contributed by atoms with Crippen LogP contribution >= 0.6 is 0 Å². The highest BCUT2D eigenvalue weighted by atomic mass is 16.2. The van der Waals surface area contributed by atoms with Crippen LogP contribution in [0.4, 0.5) is 0 Å². The van der Waals surface area contributed by atoms with Gasteiger partial charge in [-0.2, -0.15) is 0 Å². The molecule has 1 saturated heterocycles. The van der Waals surface area contributed by atoms with Crippen LogP contribution in [0.2, 0.25) is 0 Å². The number of hydrogen-bond donors (Lipinski definition) is 2. The third-order valence-corrected chi connectivity index (χ3v) is 3.43. The van der Waals surface area contributed by atoms with Crippen molar-refractivity contribution in [1.82, 2.24) is 15.1 Å². The SMILES string of the molecule is CC(C)NC(=O)CN1CCCN(CCCCN)CC1. The number of amides is 1. The van der Waals surface area contributed by atoms with Crippen LogP contribution in [0.25, 0.3) is 0 Å². The first kappa shape index (κ1) is 16.4. The van der Waals surface area contributed by atoms with Gasteiger partial charge >= 0.3 is 0 Å². The van der Waals surface area contributed by atoms with E-state index in [0.717, 1.165) is 52.1 Å². The van der Waals surface area contributed by atoms with Crippen molar-refractivity contribution in [3.8, 4) is 0 Å². The van der Waals surface area contributed by atoms with Crippen LogP contribution in [0.5, 0.6) is 0 Å². The van der Waals surface area contributed by atoms with Crippen molar-refractivity contribution < 1.29 is 4.79 Å². The van der Waals surface area contributed by atoms with Crippen molar-refractivity contribution in [2.45, 2.75) is 39.2 Å². The Morgan fingerprint density at radius 2 is 1.84 bits per heavy atom. The molecule has 0 aromatic rings. The van der Waals surface area contributed by atoms with Gasteiger partial charge in [0.1, 0.15) is 0 Å². The van der Waals surface area contributed by atoms with E-state index in [2.05, 4.69) is 15.1 Å². The van der Waals surface area contributed by atoms with Gasteiger partial charge in [0.05, 0.1) is 6.54 Å². The summed E-state index contributed by atoms with van der Waals surface area (Å²) in [7, 11) is 0. The first-order valence-corrected chi connectivity index (χ1v) is 7.56. The van der Waals surface area contributed by atoms with Crippen molar-refractivity contribution >= 4 is 5.91 Å². The Morgan fingerprint density at radius 3 is 2.53 bits per heavy atom. The fraction of sp³-hybridized carbons (Fsp3) is 0.929. The number of nitrogens with two attached hydrogens (primary N) is 1. The van der Waals surface area contributed by atoms with Gasteiger partial charge in [0, 0.05) is 19.1 Å². The fourth-order valence-electron chi connectivity index (χ4n) is 2.46. The normalized spacial score (nSPS) is 18.5. The van der Waals surface area contributed by atoms with Gasteiger partial charge in [0.25, 0.3) is 0 Å². The summed E-state index contributed by atoms with van der Waals surface area (Å²) in [6.45, 7) is 10.7. The molecule has 0 bridgehead atoms. The van der Waals surface area contributed by atoms with Crippen LogP contribution in [0, 0.1) is 0 Å². The molecule has 3 N–H and O–H groups in total. The quantitative estimate of drug-likeness (QED) is 0.651. The van der Waals surface area contributed by atoms with Crippen molar-refractivity contribution in [3.63, 3.8) is 0 Å². The fourth-order valence-corrected chi connectivity index (χ4v) is 2.46. The summed E-state index contributed by atoms with van der Waals surface area (Å²) in [4.78, 5) is 16.5. The Bertz CT molecular complexity index is 258. The lowest BCUT2D eigenvalue weighted by atomic mass is 10.3. The van der Waals surface area contributed by atoms with E-state index in [1.165, 1.54) is 6.42 Å². The zero-order valence-corrected chi connectivity index (χ0v) is 12.5. The van der Waals surface area contributed by atoms with Crippen LogP contribution in [0.15, 0.2) is 0 Å². The van der Waals surface area contributed by atoms with Crippen LogP contribution in [-0.4, -0.2) is 67.6 Å². The second-order valence-corrected chi connectivity index (χ2v) is 5.69. The monoisotopic (exact) mass is 270 g/mol. The lowest BCUT2D eigenvalue weighted by Gasteiger charge is -2.21. The van der Waals surface area contributed by atoms with Gasteiger partial charge in [0.2, 0.25) is 5.91 Å². The average Bonchev–Trinajstić information content (AvgIpc) is 2.54. The minimum Gasteiger partial charge on any atom is -0.353 e. The van der Waals surface area contributed by atoms with Crippen molar-refractivity contribution in [2.75, 3.05) is 45.8 Å². The summed E-state index contributed by atoms with van der Waals surface area (Å²) in [6, 6.07) is 0.229. The number of rotatable bonds is 7. The molecular formula is C14H30N4O. The van der Waals surface area contributed by atoms with Crippen LogP contribution in [0.1, 0.15) is 33.1 Å². The number of unbranched alkanes of at least 4 members (excludes halogenated alkanes) is 1. The second kappa shape index (κ2) is 9.28. The molecular weight excluding hydrogens is 240 g/mol. The Balaban J connectivity index is 2.23. The molecule has 1 amide bonds. The standard InChI is InChI=1S/C14H30N4O/c1-13(2)16-14(19)12-18-9-5-8-17(10-11-18)7-4-3-6-15/h13H,3-12,15H2,1-2H3,(H,16,19). The van der Waals surface area contributed by atoms with Gasteiger partial charge < -0.3 is 16.0 Å². The lowest BCUT2D eigenvalue weighted by molar-refractivity contribution is -0.122. The minimum absolute atomic E-state index is 0.145. The van der Waals surface area contributed by atoms with Gasteiger partial charge in [0.15, 0.2) is 0 Å². The molecule has 0 spiro atoms. The maximum atomic E-state index is 11.7. The molecule has 1 fully saturated rings. The average molecular weight is 270 g/mol. The molecule has 0 radical (unpaired) electrons. The van der Waals surface area contributed by atoms with Crippen LogP contribution < -0.4 is 11.1 Å². The summed E-state index contributed by atoms with van der Waals surface area (Å²) >= 11 is 0. The summed E-state index contributed by atoms with van der Waals surface area (Å²) in [5.74, 6) is 0.145. The second-order valence-electron chi connectivity index (χ2n) is 5.69. The first-order valence-electron chi connectivity index (χ1n) is 7.56. The molecule has 1 heterocycles. The molecule has 19 heavy (non-hydrogen) atoms. The number of carbonyl (C=O) groups excluding carboxylic acids is 1. The largest absolute Gasteiger partial charge is 0.353 e. The maximum Gasteiger partial charge on any atom is 0.234 e. The Labute approximate surface area is 117 Å². The Morgan fingerprint density at radius 1 is 1.16 bits per heavy atom. The van der Waals surface area contributed by atoms with Gasteiger partial charge in [-0.1, -0.05) is 0 Å². The molecule has 0 aromatic carbocycles. The van der Waals surface area contributed by atoms with Crippen molar-refractivity contribution in [2.24, 2.45) is 5.73 Å². The van der Waals surface area contributed by atoms with E-state index in [4.69, 9.17) is 5.73 Å². The summed E-state index contributed by atoms with van der Waals surface area (Å²) in [5, 5.41) is 2.96. The molecule has 1 rings (SSSR count). The predicted molar refractivity (Wildman–Crippen MR) is 79.1 cm³/mol. The summed E-state index contributed by atoms with van der Waals surface area (Å²) < 4.78 is 0. The Kier molecular flexibility index (Phi) is 8.02. The number of nitrogens with one attached hydrogen (secondary N) is 1. The highest BCUT2D eigenvalue weighted by Crippen LogP contribution is 2.04. The topological polar surface area (TPSA) is 61.6 Å². The summed E-state index contributed by atoms with van der Waals surface area (Å²) in [6.07, 6.45) is 3.44. The number of carbonyl (C=O) groups is 1. The first-order chi connectivity index (χ1) is 9.11. The van der Waals surface area contributed by atoms with E-state index in [9.17, 15) is 4.79 Å². The highest BCUT2D eigenvalue weighted by Gasteiger charge is 2.16. The lowest BCUT2D eigenvalue weighted by Crippen LogP contribution is -2.41. The maximum absolute atomic E-state index is 11.7. The van der Waals surface area contributed by atoms with Gasteiger partial charge in [-0.05, 0) is 59.3 Å². The molecule has 0 aromatic heterocycles. The van der Waals surface area contributed by atoms with E-state index in [1.807, 2.05) is 13.8 Å². The van der Waals surface area contributed by atoms with E-state index in [0.29, 0.717) is 6.54 Å². The molecule has 0 unspecified atom stereocenters. The molecule has 0 saturated carbocycles. The number of hydrogen-bond acceptors (Lipinski definition) is 4. The van der Waals surface area contributed by atoms with E-state index < -0.39 is 0 Å². The third-order valence-electron chi connectivity index (χ3n) is 3.43. The zero-order valence-electron chi connectivity index (χ0n) is 12.5. The van der Waals surface area contributed by atoms with Crippen LogP contribution in [-0.2, 0) is 4.79 Å². The van der Waals surface area contributed by atoms with E-state index >= 15 is 0 Å². The molecule has 5 nitrogen and oxygen atoms in total. The molecule has 0 atom stereocenters. The van der Waals surface area contributed by atoms with E-state index in [-0.39, 0.29) is 11.9 Å². The van der Waals surface area contributed by atoms with Gasteiger partial charge in [-0.3, -0.25) is 9.69 Å². The molecule has 112 valence electrons. The predicted octanol–water partition coefficient (Wildman–Crippen LogP) is 0.258. The smallest absolute Gasteiger partial charge is 0.234 e. The minimum atomic E-state index is 0.145. The molecule has 5 heteroatoms.